The highest BCUT2D eigenvalue weighted by Gasteiger charge is 2.25. The van der Waals surface area contributed by atoms with Crippen LogP contribution in [0.2, 0.25) is 10.0 Å². The van der Waals surface area contributed by atoms with E-state index < -0.39 is 17.6 Å². The third-order valence-electron chi connectivity index (χ3n) is 4.66. The number of halogens is 2. The first kappa shape index (κ1) is 24.6. The summed E-state index contributed by atoms with van der Waals surface area (Å²) in [6, 6.07) is 11.9. The van der Waals surface area contributed by atoms with E-state index in [-0.39, 0.29) is 11.3 Å². The van der Waals surface area contributed by atoms with Gasteiger partial charge in [-0.15, -0.1) is 0 Å². The first-order valence-corrected chi connectivity index (χ1v) is 11.1. The molecule has 0 fully saturated rings. The number of anilines is 2. The number of benzene rings is 2. The molecule has 7 nitrogen and oxygen atoms in total. The van der Waals surface area contributed by atoms with Crippen molar-refractivity contribution in [3.8, 4) is 11.3 Å². The standard InChI is InChI=1S/C24H25Cl2N3O4/c1-6-29(23(31)32-24(3,4)5)16-12-10-15(11-13-16)27-22(30)19-14(2)33-28-21(19)20-17(25)8-7-9-18(20)26/h7-13H,6H2,1-5H3,(H,27,30). The van der Waals surface area contributed by atoms with Gasteiger partial charge in [0.15, 0.2) is 0 Å². The zero-order valence-corrected chi connectivity index (χ0v) is 20.5. The molecule has 3 aromatic rings. The van der Waals surface area contributed by atoms with Crippen LogP contribution in [0.25, 0.3) is 11.3 Å². The first-order chi connectivity index (χ1) is 15.5. The number of carbonyl (C=O) groups is 2. The Hall–Kier alpha value is -3.03. The highest BCUT2D eigenvalue weighted by molar-refractivity contribution is 6.39. The molecule has 0 aliphatic carbocycles. The molecule has 0 aliphatic heterocycles. The molecule has 9 heteroatoms. The molecule has 3 rings (SSSR count). The lowest BCUT2D eigenvalue weighted by Gasteiger charge is -2.26. The molecule has 1 aromatic heterocycles. The fourth-order valence-electron chi connectivity index (χ4n) is 3.19. The van der Waals surface area contributed by atoms with Crippen LogP contribution in [0, 0.1) is 6.92 Å². The fraction of sp³-hybridized carbons (Fsp3) is 0.292. The van der Waals surface area contributed by atoms with Crippen molar-refractivity contribution in [3.05, 3.63) is 63.8 Å². The highest BCUT2D eigenvalue weighted by Crippen LogP contribution is 2.37. The van der Waals surface area contributed by atoms with Crippen LogP contribution in [0.1, 0.15) is 43.8 Å². The van der Waals surface area contributed by atoms with Crippen molar-refractivity contribution in [2.45, 2.75) is 40.2 Å². The summed E-state index contributed by atoms with van der Waals surface area (Å²) in [5, 5.41) is 7.55. The number of hydrogen-bond acceptors (Lipinski definition) is 5. The molecule has 0 atom stereocenters. The van der Waals surface area contributed by atoms with Crippen molar-refractivity contribution in [2.24, 2.45) is 0 Å². The number of amides is 2. The summed E-state index contributed by atoms with van der Waals surface area (Å²) in [5.74, 6) is -0.0934. The third kappa shape index (κ3) is 5.67. The molecular formula is C24H25Cl2N3O4. The number of rotatable bonds is 5. The van der Waals surface area contributed by atoms with E-state index in [9.17, 15) is 9.59 Å². The van der Waals surface area contributed by atoms with Crippen molar-refractivity contribution in [2.75, 3.05) is 16.8 Å². The quantitative estimate of drug-likeness (QED) is 0.418. The monoisotopic (exact) mass is 489 g/mol. The van der Waals surface area contributed by atoms with Gasteiger partial charge < -0.3 is 14.6 Å². The Balaban J connectivity index is 1.83. The van der Waals surface area contributed by atoms with Gasteiger partial charge >= 0.3 is 6.09 Å². The van der Waals surface area contributed by atoms with E-state index in [0.717, 1.165) is 0 Å². The molecule has 0 unspecified atom stereocenters. The lowest BCUT2D eigenvalue weighted by molar-refractivity contribution is 0.0582. The smallest absolute Gasteiger partial charge is 0.414 e. The Morgan fingerprint density at radius 2 is 1.70 bits per heavy atom. The van der Waals surface area contributed by atoms with E-state index in [4.69, 9.17) is 32.5 Å². The van der Waals surface area contributed by atoms with Gasteiger partial charge in [-0.05, 0) is 71.0 Å². The van der Waals surface area contributed by atoms with Crippen molar-refractivity contribution >= 4 is 46.6 Å². The minimum atomic E-state index is -0.600. The molecule has 0 spiro atoms. The second-order valence-electron chi connectivity index (χ2n) is 8.28. The van der Waals surface area contributed by atoms with Gasteiger partial charge in [0.25, 0.3) is 5.91 Å². The Morgan fingerprint density at radius 3 is 2.24 bits per heavy atom. The topological polar surface area (TPSA) is 84.7 Å². The molecule has 0 saturated heterocycles. The number of hydrogen-bond donors (Lipinski definition) is 1. The molecule has 1 N–H and O–H groups in total. The molecule has 2 amide bonds. The minimum Gasteiger partial charge on any atom is -0.443 e. The summed E-state index contributed by atoms with van der Waals surface area (Å²) < 4.78 is 10.7. The van der Waals surface area contributed by atoms with Crippen LogP contribution >= 0.6 is 23.2 Å². The van der Waals surface area contributed by atoms with E-state index in [1.807, 2.05) is 27.7 Å². The zero-order chi connectivity index (χ0) is 24.3. The van der Waals surface area contributed by atoms with E-state index in [2.05, 4.69) is 10.5 Å². The van der Waals surface area contributed by atoms with E-state index in [1.54, 1.807) is 49.4 Å². The number of aromatic nitrogens is 1. The van der Waals surface area contributed by atoms with E-state index in [0.29, 0.717) is 39.3 Å². The van der Waals surface area contributed by atoms with Crippen molar-refractivity contribution in [1.82, 2.24) is 5.16 Å². The highest BCUT2D eigenvalue weighted by atomic mass is 35.5. The SMILES string of the molecule is CCN(C(=O)OC(C)(C)C)c1ccc(NC(=O)c2c(-c3c(Cl)cccc3Cl)noc2C)cc1. The fourth-order valence-corrected chi connectivity index (χ4v) is 3.76. The molecule has 174 valence electrons. The Kier molecular flexibility index (Phi) is 7.34. The summed E-state index contributed by atoms with van der Waals surface area (Å²) >= 11 is 12.6. The molecule has 1 heterocycles. The number of nitrogens with one attached hydrogen (secondary N) is 1. The molecule has 0 saturated carbocycles. The average Bonchev–Trinajstić information content (AvgIpc) is 3.09. The second kappa shape index (κ2) is 9.85. The predicted molar refractivity (Wildman–Crippen MR) is 130 cm³/mol. The van der Waals surface area contributed by atoms with Crippen LogP contribution in [0.15, 0.2) is 47.0 Å². The summed E-state index contributed by atoms with van der Waals surface area (Å²) in [6.07, 6.45) is -0.442. The van der Waals surface area contributed by atoms with Crippen LogP contribution in [0.3, 0.4) is 0 Å². The molecule has 0 aliphatic rings. The zero-order valence-electron chi connectivity index (χ0n) is 19.0. The van der Waals surface area contributed by atoms with Crippen molar-refractivity contribution < 1.29 is 18.8 Å². The van der Waals surface area contributed by atoms with Gasteiger partial charge in [-0.25, -0.2) is 4.79 Å². The summed E-state index contributed by atoms with van der Waals surface area (Å²) in [5.41, 5.74) is 1.50. The maximum absolute atomic E-state index is 13.1. The van der Waals surface area contributed by atoms with Gasteiger partial charge in [0.1, 0.15) is 22.6 Å². The van der Waals surface area contributed by atoms with Crippen LogP contribution in [-0.2, 0) is 4.74 Å². The van der Waals surface area contributed by atoms with Gasteiger partial charge in [-0.2, -0.15) is 0 Å². The molecular weight excluding hydrogens is 465 g/mol. The van der Waals surface area contributed by atoms with Crippen molar-refractivity contribution in [1.29, 1.82) is 0 Å². The molecule has 33 heavy (non-hydrogen) atoms. The summed E-state index contributed by atoms with van der Waals surface area (Å²) in [7, 11) is 0. The lowest BCUT2D eigenvalue weighted by Crippen LogP contribution is -2.36. The maximum atomic E-state index is 13.1. The normalized spacial score (nSPS) is 11.2. The molecule has 2 aromatic carbocycles. The minimum absolute atomic E-state index is 0.234. The van der Waals surface area contributed by atoms with Gasteiger partial charge in [0.2, 0.25) is 0 Å². The van der Waals surface area contributed by atoms with Crippen LogP contribution in [0.5, 0.6) is 0 Å². The second-order valence-corrected chi connectivity index (χ2v) is 9.10. The molecule has 0 radical (unpaired) electrons. The van der Waals surface area contributed by atoms with Crippen molar-refractivity contribution in [3.63, 3.8) is 0 Å². The number of carbonyl (C=O) groups excluding carboxylic acids is 2. The predicted octanol–water partition coefficient (Wildman–Crippen LogP) is 6.97. The first-order valence-electron chi connectivity index (χ1n) is 10.3. The van der Waals surface area contributed by atoms with Crippen LogP contribution in [0.4, 0.5) is 16.2 Å². The van der Waals surface area contributed by atoms with Gasteiger partial charge in [0, 0.05) is 23.5 Å². The van der Waals surface area contributed by atoms with Crippen LogP contribution in [-0.4, -0.2) is 29.3 Å². The average molecular weight is 490 g/mol. The Morgan fingerprint density at radius 1 is 1.09 bits per heavy atom. The lowest BCUT2D eigenvalue weighted by atomic mass is 10.1. The van der Waals surface area contributed by atoms with E-state index in [1.165, 1.54) is 4.90 Å². The van der Waals surface area contributed by atoms with Gasteiger partial charge in [-0.3, -0.25) is 9.69 Å². The number of nitrogens with zero attached hydrogens (tertiary/aromatic N) is 2. The molecule has 0 bridgehead atoms. The van der Waals surface area contributed by atoms with Gasteiger partial charge in [0.05, 0.1) is 10.0 Å². The Labute approximate surface area is 202 Å². The summed E-state index contributed by atoms with van der Waals surface area (Å²) in [4.78, 5) is 27.1. The van der Waals surface area contributed by atoms with Gasteiger partial charge in [-0.1, -0.05) is 34.4 Å². The number of aryl methyl sites for hydroxylation is 1. The largest absolute Gasteiger partial charge is 0.443 e. The third-order valence-corrected chi connectivity index (χ3v) is 5.29. The Bertz CT molecular complexity index is 1150. The number of ether oxygens (including phenoxy) is 1. The van der Waals surface area contributed by atoms with Crippen LogP contribution < -0.4 is 10.2 Å². The maximum Gasteiger partial charge on any atom is 0.414 e. The summed E-state index contributed by atoms with van der Waals surface area (Å²) in [6.45, 7) is 9.37. The van der Waals surface area contributed by atoms with E-state index >= 15 is 0 Å².